The van der Waals surface area contributed by atoms with Gasteiger partial charge in [-0.05, 0) is 42.3 Å². The molecule has 2 aromatic rings. The van der Waals surface area contributed by atoms with Gasteiger partial charge in [-0.25, -0.2) is 0 Å². The van der Waals surface area contributed by atoms with E-state index in [0.29, 0.717) is 28.7 Å². The highest BCUT2D eigenvalue weighted by Gasteiger charge is 2.21. The molecule has 3 rings (SSSR count). The van der Waals surface area contributed by atoms with Gasteiger partial charge >= 0.3 is 0 Å². The SMILES string of the molecule is CCOc1ccc(C(O)c2cc(Cl)c3c(c2)OCO3)cc1. The van der Waals surface area contributed by atoms with Gasteiger partial charge in [0.25, 0.3) is 0 Å². The van der Waals surface area contributed by atoms with Gasteiger partial charge in [0.2, 0.25) is 6.79 Å². The minimum absolute atomic E-state index is 0.150. The predicted molar refractivity (Wildman–Crippen MR) is 79.2 cm³/mol. The third-order valence-corrected chi connectivity index (χ3v) is 3.55. The highest BCUT2D eigenvalue weighted by molar-refractivity contribution is 6.32. The van der Waals surface area contributed by atoms with Crippen molar-refractivity contribution in [2.24, 2.45) is 0 Å². The van der Waals surface area contributed by atoms with E-state index in [-0.39, 0.29) is 6.79 Å². The van der Waals surface area contributed by atoms with Crippen molar-refractivity contribution in [2.75, 3.05) is 13.4 Å². The van der Waals surface area contributed by atoms with Crippen LogP contribution in [0.15, 0.2) is 36.4 Å². The van der Waals surface area contributed by atoms with Crippen molar-refractivity contribution >= 4 is 11.6 Å². The van der Waals surface area contributed by atoms with Crippen LogP contribution in [0, 0.1) is 0 Å². The Labute approximate surface area is 127 Å². The Hall–Kier alpha value is -1.91. The third kappa shape index (κ3) is 2.77. The molecule has 4 nitrogen and oxygen atoms in total. The van der Waals surface area contributed by atoms with Crippen molar-refractivity contribution in [3.05, 3.63) is 52.5 Å². The zero-order valence-corrected chi connectivity index (χ0v) is 12.3. The zero-order chi connectivity index (χ0) is 14.8. The van der Waals surface area contributed by atoms with Crippen LogP contribution in [0.2, 0.25) is 5.02 Å². The van der Waals surface area contributed by atoms with Gasteiger partial charge < -0.3 is 19.3 Å². The van der Waals surface area contributed by atoms with Gasteiger partial charge in [-0.1, -0.05) is 23.7 Å². The Balaban J connectivity index is 1.88. The first kappa shape index (κ1) is 14.0. The Morgan fingerprint density at radius 3 is 2.67 bits per heavy atom. The van der Waals surface area contributed by atoms with Crippen LogP contribution >= 0.6 is 11.6 Å². The second-order valence-corrected chi connectivity index (χ2v) is 5.05. The number of halogens is 1. The van der Waals surface area contributed by atoms with Gasteiger partial charge in [-0.15, -0.1) is 0 Å². The number of hydrogen-bond acceptors (Lipinski definition) is 4. The van der Waals surface area contributed by atoms with Crippen molar-refractivity contribution in [1.82, 2.24) is 0 Å². The monoisotopic (exact) mass is 306 g/mol. The molecule has 1 heterocycles. The van der Waals surface area contributed by atoms with Crippen LogP contribution in [-0.4, -0.2) is 18.5 Å². The van der Waals surface area contributed by atoms with E-state index in [9.17, 15) is 5.11 Å². The van der Waals surface area contributed by atoms with Crippen molar-refractivity contribution in [2.45, 2.75) is 13.0 Å². The molecule has 0 spiro atoms. The summed E-state index contributed by atoms with van der Waals surface area (Å²) in [7, 11) is 0. The molecular weight excluding hydrogens is 292 g/mol. The normalized spacial score (nSPS) is 14.0. The fraction of sp³-hybridized carbons (Fsp3) is 0.250. The lowest BCUT2D eigenvalue weighted by molar-refractivity contribution is 0.173. The molecule has 0 saturated carbocycles. The maximum Gasteiger partial charge on any atom is 0.231 e. The fourth-order valence-electron chi connectivity index (χ4n) is 2.25. The average molecular weight is 307 g/mol. The number of benzene rings is 2. The molecule has 21 heavy (non-hydrogen) atoms. The molecule has 0 aliphatic carbocycles. The quantitative estimate of drug-likeness (QED) is 0.938. The lowest BCUT2D eigenvalue weighted by atomic mass is 10.0. The van der Waals surface area contributed by atoms with Gasteiger partial charge in [0, 0.05) is 0 Å². The largest absolute Gasteiger partial charge is 0.494 e. The van der Waals surface area contributed by atoms with Gasteiger partial charge in [-0.3, -0.25) is 0 Å². The summed E-state index contributed by atoms with van der Waals surface area (Å²) >= 11 is 6.14. The summed E-state index contributed by atoms with van der Waals surface area (Å²) in [6.45, 7) is 2.69. The van der Waals surface area contributed by atoms with Crippen LogP contribution in [0.5, 0.6) is 17.2 Å². The molecule has 2 aromatic carbocycles. The van der Waals surface area contributed by atoms with Crippen LogP contribution in [0.3, 0.4) is 0 Å². The summed E-state index contributed by atoms with van der Waals surface area (Å²) in [5.41, 5.74) is 1.42. The molecule has 1 aliphatic rings. The number of ether oxygens (including phenoxy) is 3. The van der Waals surface area contributed by atoms with E-state index >= 15 is 0 Å². The van der Waals surface area contributed by atoms with Crippen LogP contribution in [0.1, 0.15) is 24.2 Å². The lowest BCUT2D eigenvalue weighted by Crippen LogP contribution is -2.00. The molecule has 0 amide bonds. The summed E-state index contributed by atoms with van der Waals surface area (Å²) in [6, 6.07) is 10.8. The first-order valence-electron chi connectivity index (χ1n) is 6.69. The van der Waals surface area contributed by atoms with Crippen molar-refractivity contribution in [1.29, 1.82) is 0 Å². The van der Waals surface area contributed by atoms with Crippen molar-refractivity contribution in [3.8, 4) is 17.2 Å². The maximum absolute atomic E-state index is 10.5. The molecule has 0 bridgehead atoms. The summed E-state index contributed by atoms with van der Waals surface area (Å²) in [5.74, 6) is 1.86. The Bertz CT molecular complexity index is 639. The van der Waals surface area contributed by atoms with E-state index < -0.39 is 6.10 Å². The first-order chi connectivity index (χ1) is 10.2. The van der Waals surface area contributed by atoms with Gasteiger partial charge in [0.15, 0.2) is 11.5 Å². The van der Waals surface area contributed by atoms with Crippen LogP contribution < -0.4 is 14.2 Å². The van der Waals surface area contributed by atoms with E-state index in [1.54, 1.807) is 12.1 Å². The van der Waals surface area contributed by atoms with E-state index in [1.807, 2.05) is 31.2 Å². The van der Waals surface area contributed by atoms with E-state index in [0.717, 1.165) is 11.3 Å². The van der Waals surface area contributed by atoms with Crippen LogP contribution in [0.4, 0.5) is 0 Å². The summed E-state index contributed by atoms with van der Waals surface area (Å²) < 4.78 is 16.0. The highest BCUT2D eigenvalue weighted by Crippen LogP contribution is 2.41. The number of hydrogen-bond donors (Lipinski definition) is 1. The van der Waals surface area contributed by atoms with Crippen LogP contribution in [0.25, 0.3) is 0 Å². The van der Waals surface area contributed by atoms with Crippen molar-refractivity contribution in [3.63, 3.8) is 0 Å². The number of fused-ring (bicyclic) bond motifs is 1. The lowest BCUT2D eigenvalue weighted by Gasteiger charge is -2.13. The number of aliphatic hydroxyl groups is 1. The summed E-state index contributed by atoms with van der Waals surface area (Å²) in [5, 5.41) is 10.9. The molecule has 0 aromatic heterocycles. The molecule has 1 N–H and O–H groups in total. The standard InChI is InChI=1S/C16H15ClO4/c1-2-19-12-5-3-10(4-6-12)15(18)11-7-13(17)16-14(8-11)20-9-21-16/h3-8,15,18H,2,9H2,1H3. The molecule has 0 radical (unpaired) electrons. The van der Waals surface area contributed by atoms with Gasteiger partial charge in [-0.2, -0.15) is 0 Å². The fourth-order valence-corrected chi connectivity index (χ4v) is 2.52. The first-order valence-corrected chi connectivity index (χ1v) is 7.06. The second-order valence-electron chi connectivity index (χ2n) is 4.64. The molecule has 1 unspecified atom stereocenters. The van der Waals surface area contributed by atoms with E-state index in [4.69, 9.17) is 25.8 Å². The minimum atomic E-state index is -0.785. The molecule has 5 heteroatoms. The summed E-state index contributed by atoms with van der Waals surface area (Å²) in [6.07, 6.45) is -0.785. The van der Waals surface area contributed by atoms with Gasteiger partial charge in [0.05, 0.1) is 11.6 Å². The molecule has 1 aliphatic heterocycles. The highest BCUT2D eigenvalue weighted by atomic mass is 35.5. The number of aliphatic hydroxyl groups excluding tert-OH is 1. The average Bonchev–Trinajstić information content (AvgIpc) is 2.97. The number of rotatable bonds is 4. The molecular formula is C16H15ClO4. The van der Waals surface area contributed by atoms with E-state index in [2.05, 4.69) is 0 Å². The molecule has 110 valence electrons. The zero-order valence-electron chi connectivity index (χ0n) is 11.5. The molecule has 0 fully saturated rings. The Morgan fingerprint density at radius 2 is 1.95 bits per heavy atom. The third-order valence-electron chi connectivity index (χ3n) is 3.27. The van der Waals surface area contributed by atoms with Crippen molar-refractivity contribution < 1.29 is 19.3 Å². The molecule has 1 atom stereocenters. The van der Waals surface area contributed by atoms with Gasteiger partial charge in [0.1, 0.15) is 11.9 Å². The topological polar surface area (TPSA) is 47.9 Å². The van der Waals surface area contributed by atoms with Crippen LogP contribution in [-0.2, 0) is 0 Å². The maximum atomic E-state index is 10.5. The second kappa shape index (κ2) is 5.84. The Morgan fingerprint density at radius 1 is 1.19 bits per heavy atom. The smallest absolute Gasteiger partial charge is 0.231 e. The van der Waals surface area contributed by atoms with E-state index in [1.165, 1.54) is 0 Å². The predicted octanol–water partition coefficient (Wildman–Crippen LogP) is 3.55. The summed E-state index contributed by atoms with van der Waals surface area (Å²) in [4.78, 5) is 0. The minimum Gasteiger partial charge on any atom is -0.494 e. The molecule has 0 saturated heterocycles. The Kier molecular flexibility index (Phi) is 3.90.